The molecule has 0 saturated carbocycles. The molecule has 4 rings (SSSR count). The summed E-state index contributed by atoms with van der Waals surface area (Å²) in [6.07, 6.45) is 2.40. The maximum Gasteiger partial charge on any atom is 0.269 e. The zero-order valence-corrected chi connectivity index (χ0v) is 19.1. The van der Waals surface area contributed by atoms with Crippen LogP contribution < -0.4 is 0 Å². The Hall–Kier alpha value is -3.79. The molecule has 176 valence electrons. The number of amides is 2. The number of nitro benzene ring substituents is 1. The van der Waals surface area contributed by atoms with Crippen LogP contribution in [-0.4, -0.2) is 56.8 Å². The molecule has 10 nitrogen and oxygen atoms in total. The van der Waals surface area contributed by atoms with Crippen molar-refractivity contribution in [1.82, 2.24) is 19.9 Å². The maximum absolute atomic E-state index is 13.1. The summed E-state index contributed by atoms with van der Waals surface area (Å²) < 4.78 is 5.50. The van der Waals surface area contributed by atoms with E-state index >= 15 is 0 Å². The van der Waals surface area contributed by atoms with E-state index in [0.717, 1.165) is 12.8 Å². The Balaban J connectivity index is 1.46. The number of hydrogen-bond acceptors (Lipinski definition) is 7. The van der Waals surface area contributed by atoms with Crippen molar-refractivity contribution >= 4 is 29.1 Å². The smallest absolute Gasteiger partial charge is 0.269 e. The van der Waals surface area contributed by atoms with Crippen LogP contribution in [0.25, 0.3) is 11.4 Å². The number of carbonyl (C=O) groups is 2. The van der Waals surface area contributed by atoms with Gasteiger partial charge in [0, 0.05) is 41.9 Å². The minimum atomic E-state index is -0.534. The number of non-ortho nitro benzene ring substituents is 1. The Morgan fingerprint density at radius 2 is 2.00 bits per heavy atom. The maximum atomic E-state index is 13.1. The third-order valence-electron chi connectivity index (χ3n) is 5.68. The van der Waals surface area contributed by atoms with Crippen LogP contribution in [0.4, 0.5) is 5.69 Å². The van der Waals surface area contributed by atoms with E-state index in [-0.39, 0.29) is 29.7 Å². The third kappa shape index (κ3) is 5.07. The number of nitrogens with zero attached hydrogens (tertiary/aromatic N) is 5. The summed E-state index contributed by atoms with van der Waals surface area (Å²) >= 11 is 6.05. The predicted molar refractivity (Wildman–Crippen MR) is 123 cm³/mol. The SMILES string of the molecule is CN(CC(=O)N1CCCCC1c1nc(-c2cccc(Cl)c2)no1)C(=O)c1ccc([N+](=O)[O-])cc1. The molecule has 2 heterocycles. The van der Waals surface area contributed by atoms with Gasteiger partial charge in [-0.2, -0.15) is 4.98 Å². The number of likely N-dealkylation sites (tertiary alicyclic amines) is 1. The average Bonchev–Trinajstić information content (AvgIpc) is 3.34. The van der Waals surface area contributed by atoms with Crippen LogP contribution in [0, 0.1) is 10.1 Å². The Kier molecular flexibility index (Phi) is 6.87. The molecule has 0 aliphatic carbocycles. The van der Waals surface area contributed by atoms with Gasteiger partial charge in [-0.25, -0.2) is 0 Å². The fourth-order valence-corrected chi connectivity index (χ4v) is 4.10. The highest BCUT2D eigenvalue weighted by Crippen LogP contribution is 2.31. The summed E-state index contributed by atoms with van der Waals surface area (Å²) in [7, 11) is 1.52. The minimum absolute atomic E-state index is 0.108. The summed E-state index contributed by atoms with van der Waals surface area (Å²) in [4.78, 5) is 43.6. The summed E-state index contributed by atoms with van der Waals surface area (Å²) in [6.45, 7) is 0.361. The van der Waals surface area contributed by atoms with E-state index in [1.165, 1.54) is 36.2 Å². The fourth-order valence-electron chi connectivity index (χ4n) is 3.91. The number of aromatic nitrogens is 2. The van der Waals surface area contributed by atoms with E-state index in [2.05, 4.69) is 10.1 Å². The lowest BCUT2D eigenvalue weighted by Crippen LogP contribution is -2.44. The van der Waals surface area contributed by atoms with Crippen LogP contribution in [-0.2, 0) is 4.79 Å². The van der Waals surface area contributed by atoms with Gasteiger partial charge in [-0.1, -0.05) is 28.9 Å². The number of benzene rings is 2. The van der Waals surface area contributed by atoms with Crippen molar-refractivity contribution in [3.8, 4) is 11.4 Å². The van der Waals surface area contributed by atoms with Gasteiger partial charge in [0.25, 0.3) is 11.6 Å². The second-order valence-electron chi connectivity index (χ2n) is 8.03. The molecule has 0 bridgehead atoms. The summed E-state index contributed by atoms with van der Waals surface area (Å²) in [5.74, 6) is 0.0797. The lowest BCUT2D eigenvalue weighted by atomic mass is 10.0. The van der Waals surface area contributed by atoms with Gasteiger partial charge >= 0.3 is 0 Å². The first kappa shape index (κ1) is 23.4. The van der Waals surface area contributed by atoms with Crippen LogP contribution in [0.2, 0.25) is 5.02 Å². The Labute approximate surface area is 200 Å². The normalized spacial score (nSPS) is 15.7. The topological polar surface area (TPSA) is 123 Å². The number of halogens is 1. The van der Waals surface area contributed by atoms with E-state index in [0.29, 0.717) is 35.3 Å². The lowest BCUT2D eigenvalue weighted by Gasteiger charge is -2.34. The van der Waals surface area contributed by atoms with Gasteiger partial charge in [0.15, 0.2) is 0 Å². The molecule has 1 fully saturated rings. The van der Waals surface area contributed by atoms with E-state index in [1.54, 1.807) is 23.1 Å². The van der Waals surface area contributed by atoms with Gasteiger partial charge in [0.1, 0.15) is 6.04 Å². The monoisotopic (exact) mass is 483 g/mol. The van der Waals surface area contributed by atoms with Gasteiger partial charge in [0.2, 0.25) is 17.6 Å². The largest absolute Gasteiger partial charge is 0.337 e. The van der Waals surface area contributed by atoms with Crippen LogP contribution in [0.3, 0.4) is 0 Å². The van der Waals surface area contributed by atoms with E-state index in [1.807, 2.05) is 6.07 Å². The third-order valence-corrected chi connectivity index (χ3v) is 5.91. The first-order chi connectivity index (χ1) is 16.3. The van der Waals surface area contributed by atoms with Gasteiger partial charge in [-0.05, 0) is 43.5 Å². The van der Waals surface area contributed by atoms with Crippen molar-refractivity contribution < 1.29 is 19.0 Å². The zero-order chi connectivity index (χ0) is 24.2. The van der Waals surface area contributed by atoms with Gasteiger partial charge in [-0.15, -0.1) is 0 Å². The number of carbonyl (C=O) groups excluding carboxylic acids is 2. The average molecular weight is 484 g/mol. The molecular formula is C23H22ClN5O5. The lowest BCUT2D eigenvalue weighted by molar-refractivity contribution is -0.384. The first-order valence-corrected chi connectivity index (χ1v) is 11.1. The van der Waals surface area contributed by atoms with Crippen molar-refractivity contribution in [3.63, 3.8) is 0 Å². The van der Waals surface area contributed by atoms with Crippen LogP contribution in [0.15, 0.2) is 53.1 Å². The van der Waals surface area contributed by atoms with E-state index in [9.17, 15) is 19.7 Å². The summed E-state index contributed by atoms with van der Waals surface area (Å²) in [5, 5.41) is 15.4. The second-order valence-corrected chi connectivity index (χ2v) is 8.47. The molecule has 0 N–H and O–H groups in total. The molecule has 2 amide bonds. The van der Waals surface area contributed by atoms with E-state index < -0.39 is 10.8 Å². The number of rotatable bonds is 6. The van der Waals surface area contributed by atoms with Gasteiger partial charge in [-0.3, -0.25) is 19.7 Å². The molecule has 11 heteroatoms. The fraction of sp³-hybridized carbons (Fsp3) is 0.304. The molecule has 0 spiro atoms. The van der Waals surface area contributed by atoms with Crippen molar-refractivity contribution in [2.75, 3.05) is 20.1 Å². The number of nitro groups is 1. The van der Waals surface area contributed by atoms with Crippen molar-refractivity contribution in [2.45, 2.75) is 25.3 Å². The highest BCUT2D eigenvalue weighted by atomic mass is 35.5. The molecule has 3 aromatic rings. The van der Waals surface area contributed by atoms with Crippen LogP contribution >= 0.6 is 11.6 Å². The highest BCUT2D eigenvalue weighted by Gasteiger charge is 2.33. The molecule has 1 aliphatic heterocycles. The molecule has 1 aromatic heterocycles. The summed E-state index contributed by atoms with van der Waals surface area (Å²) in [5.41, 5.74) is 0.868. The summed E-state index contributed by atoms with van der Waals surface area (Å²) in [6, 6.07) is 12.0. The Bertz CT molecular complexity index is 1210. The van der Waals surface area contributed by atoms with Crippen molar-refractivity contribution in [3.05, 3.63) is 75.1 Å². The van der Waals surface area contributed by atoms with Gasteiger partial charge < -0.3 is 14.3 Å². The van der Waals surface area contributed by atoms with E-state index in [4.69, 9.17) is 16.1 Å². The first-order valence-electron chi connectivity index (χ1n) is 10.7. The molecule has 1 atom stereocenters. The van der Waals surface area contributed by atoms with Crippen molar-refractivity contribution in [1.29, 1.82) is 0 Å². The minimum Gasteiger partial charge on any atom is -0.337 e. The molecule has 1 unspecified atom stereocenters. The standard InChI is InChI=1S/C23H22ClN5O5/c1-27(23(31)15-8-10-18(11-9-15)29(32)33)14-20(30)28-12-3-2-7-19(28)22-25-21(26-34-22)16-5-4-6-17(24)13-16/h4-6,8-11,13,19H,2-3,7,12,14H2,1H3. The molecule has 2 aromatic carbocycles. The molecular weight excluding hydrogens is 462 g/mol. The number of likely N-dealkylation sites (N-methyl/N-ethyl adjacent to an activating group) is 1. The molecule has 0 radical (unpaired) electrons. The molecule has 34 heavy (non-hydrogen) atoms. The van der Waals surface area contributed by atoms with Crippen LogP contribution in [0.1, 0.15) is 41.6 Å². The predicted octanol–water partition coefficient (Wildman–Crippen LogP) is 4.12. The second kappa shape index (κ2) is 10.0. The number of piperidine rings is 1. The Morgan fingerprint density at radius 3 is 2.71 bits per heavy atom. The highest BCUT2D eigenvalue weighted by molar-refractivity contribution is 6.30. The molecule has 1 aliphatic rings. The quantitative estimate of drug-likeness (QED) is 0.381. The van der Waals surface area contributed by atoms with Crippen molar-refractivity contribution in [2.24, 2.45) is 0 Å². The number of hydrogen-bond donors (Lipinski definition) is 0. The van der Waals surface area contributed by atoms with Gasteiger partial charge in [0.05, 0.1) is 11.5 Å². The zero-order valence-electron chi connectivity index (χ0n) is 18.4. The Morgan fingerprint density at radius 1 is 1.24 bits per heavy atom. The van der Waals surface area contributed by atoms with Crippen LogP contribution in [0.5, 0.6) is 0 Å². The molecule has 1 saturated heterocycles.